The average Bonchev–Trinajstić information content (AvgIpc) is 2.45. The summed E-state index contributed by atoms with van der Waals surface area (Å²) in [7, 11) is 0. The lowest BCUT2D eigenvalue weighted by Gasteiger charge is -2.16. The number of carbonyl (C=O) groups excluding carboxylic acids is 1. The predicted molar refractivity (Wildman–Crippen MR) is 76.7 cm³/mol. The van der Waals surface area contributed by atoms with Crippen molar-refractivity contribution >= 4 is 16.7 Å². The van der Waals surface area contributed by atoms with E-state index in [1.54, 1.807) is 0 Å². The monoisotopic (exact) mass is 257 g/mol. The Morgan fingerprint density at radius 2 is 1.89 bits per heavy atom. The zero-order valence-electron chi connectivity index (χ0n) is 11.3. The molecule has 100 valence electrons. The molecule has 0 aliphatic rings. The number of hydrogen-bond donors (Lipinski definition) is 1. The third-order valence-corrected chi connectivity index (χ3v) is 3.28. The summed E-state index contributed by atoms with van der Waals surface area (Å²) in [5, 5.41) is 2.32. The van der Waals surface area contributed by atoms with Crippen LogP contribution in [0.25, 0.3) is 10.8 Å². The van der Waals surface area contributed by atoms with E-state index in [-0.39, 0.29) is 12.1 Å². The first kappa shape index (κ1) is 13.6. The van der Waals surface area contributed by atoms with Crippen molar-refractivity contribution < 1.29 is 9.53 Å². The molecule has 19 heavy (non-hydrogen) atoms. The van der Waals surface area contributed by atoms with E-state index in [9.17, 15) is 4.79 Å². The van der Waals surface area contributed by atoms with E-state index in [1.165, 1.54) is 5.39 Å². The van der Waals surface area contributed by atoms with Crippen LogP contribution in [0.1, 0.15) is 31.9 Å². The van der Waals surface area contributed by atoms with Crippen LogP contribution in [-0.4, -0.2) is 12.0 Å². The van der Waals surface area contributed by atoms with Crippen molar-refractivity contribution in [2.24, 2.45) is 5.73 Å². The lowest BCUT2D eigenvalue weighted by Crippen LogP contribution is -2.32. The highest BCUT2D eigenvalue weighted by Gasteiger charge is 2.17. The van der Waals surface area contributed by atoms with Crippen LogP contribution in [0.5, 0.6) is 0 Å². The number of esters is 1. The van der Waals surface area contributed by atoms with E-state index < -0.39 is 6.04 Å². The van der Waals surface area contributed by atoms with Gasteiger partial charge in [-0.2, -0.15) is 0 Å². The molecule has 2 aromatic rings. The molecule has 3 heteroatoms. The smallest absolute Gasteiger partial charge is 0.323 e. The fraction of sp³-hybridized carbons (Fsp3) is 0.312. The van der Waals surface area contributed by atoms with Gasteiger partial charge in [-0.1, -0.05) is 43.3 Å². The van der Waals surface area contributed by atoms with Crippen molar-refractivity contribution in [3.63, 3.8) is 0 Å². The van der Waals surface area contributed by atoms with Crippen molar-refractivity contribution in [3.05, 3.63) is 48.0 Å². The summed E-state index contributed by atoms with van der Waals surface area (Å²) in [5.41, 5.74) is 6.64. The number of fused-ring (bicyclic) bond motifs is 1. The molecule has 0 spiro atoms. The first-order chi connectivity index (χ1) is 9.11. The number of ether oxygens (including phenoxy) is 1. The van der Waals surface area contributed by atoms with Gasteiger partial charge < -0.3 is 10.5 Å². The van der Waals surface area contributed by atoms with Gasteiger partial charge in [0.2, 0.25) is 0 Å². The van der Waals surface area contributed by atoms with Crippen molar-refractivity contribution in [3.8, 4) is 0 Å². The van der Waals surface area contributed by atoms with Crippen LogP contribution < -0.4 is 5.73 Å². The van der Waals surface area contributed by atoms with Crippen LogP contribution in [0, 0.1) is 0 Å². The molecule has 2 atom stereocenters. The van der Waals surface area contributed by atoms with E-state index in [0.29, 0.717) is 6.42 Å². The molecule has 0 radical (unpaired) electrons. The van der Waals surface area contributed by atoms with E-state index in [0.717, 1.165) is 10.9 Å². The molecule has 0 saturated heterocycles. The highest BCUT2D eigenvalue weighted by Crippen LogP contribution is 2.22. The van der Waals surface area contributed by atoms with Crippen LogP contribution >= 0.6 is 0 Å². The van der Waals surface area contributed by atoms with Gasteiger partial charge in [0.05, 0.1) is 0 Å². The van der Waals surface area contributed by atoms with Gasteiger partial charge in [-0.3, -0.25) is 4.79 Å². The molecule has 0 bridgehead atoms. The van der Waals surface area contributed by atoms with Crippen molar-refractivity contribution in [2.75, 3.05) is 0 Å². The second-order valence-electron chi connectivity index (χ2n) is 4.70. The minimum atomic E-state index is -0.539. The molecular formula is C16H19NO2. The Labute approximate surface area is 113 Å². The van der Waals surface area contributed by atoms with E-state index in [1.807, 2.05) is 50.2 Å². The Balaban J connectivity index is 2.17. The maximum atomic E-state index is 11.7. The Kier molecular flexibility index (Phi) is 4.17. The SMILES string of the molecule is CCC(N)C(=O)OC(C)c1ccc2ccccc2c1. The van der Waals surface area contributed by atoms with Crippen LogP contribution in [0.4, 0.5) is 0 Å². The van der Waals surface area contributed by atoms with Gasteiger partial charge >= 0.3 is 5.97 Å². The van der Waals surface area contributed by atoms with Gasteiger partial charge in [0.25, 0.3) is 0 Å². The fourth-order valence-corrected chi connectivity index (χ4v) is 1.96. The first-order valence-electron chi connectivity index (χ1n) is 6.56. The Morgan fingerprint density at radius 3 is 2.58 bits per heavy atom. The molecule has 2 N–H and O–H groups in total. The van der Waals surface area contributed by atoms with Crippen molar-refractivity contribution in [1.82, 2.24) is 0 Å². The molecule has 0 aliphatic carbocycles. The quantitative estimate of drug-likeness (QED) is 0.856. The molecule has 3 nitrogen and oxygen atoms in total. The van der Waals surface area contributed by atoms with Crippen molar-refractivity contribution in [1.29, 1.82) is 0 Å². The van der Waals surface area contributed by atoms with Crippen LogP contribution in [0.15, 0.2) is 42.5 Å². The normalized spacial score (nSPS) is 14.1. The number of hydrogen-bond acceptors (Lipinski definition) is 3. The summed E-state index contributed by atoms with van der Waals surface area (Å²) in [6.45, 7) is 3.73. The van der Waals surface area contributed by atoms with Gasteiger partial charge in [-0.25, -0.2) is 0 Å². The molecule has 0 fully saturated rings. The van der Waals surface area contributed by atoms with E-state index in [4.69, 9.17) is 10.5 Å². The molecule has 0 amide bonds. The average molecular weight is 257 g/mol. The minimum absolute atomic E-state index is 0.283. The van der Waals surface area contributed by atoms with Gasteiger partial charge in [0.1, 0.15) is 12.1 Å². The molecule has 2 rings (SSSR count). The summed E-state index contributed by atoms with van der Waals surface area (Å²) >= 11 is 0. The lowest BCUT2D eigenvalue weighted by molar-refractivity contribution is -0.150. The zero-order valence-corrected chi connectivity index (χ0v) is 11.3. The second-order valence-corrected chi connectivity index (χ2v) is 4.70. The summed E-state index contributed by atoms with van der Waals surface area (Å²) in [4.78, 5) is 11.7. The Hall–Kier alpha value is -1.87. The molecule has 2 aromatic carbocycles. The summed E-state index contributed by atoms with van der Waals surface area (Å²) in [5.74, 6) is -0.344. The van der Waals surface area contributed by atoms with Gasteiger partial charge in [-0.05, 0) is 35.7 Å². The van der Waals surface area contributed by atoms with Crippen LogP contribution in [0.3, 0.4) is 0 Å². The maximum absolute atomic E-state index is 11.7. The number of benzene rings is 2. The topological polar surface area (TPSA) is 52.3 Å². The van der Waals surface area contributed by atoms with Crippen LogP contribution in [-0.2, 0) is 9.53 Å². The minimum Gasteiger partial charge on any atom is -0.457 e. The predicted octanol–water partition coefficient (Wildman–Crippen LogP) is 3.18. The maximum Gasteiger partial charge on any atom is 0.323 e. The summed E-state index contributed by atoms with van der Waals surface area (Å²) < 4.78 is 5.37. The standard InChI is InChI=1S/C16H19NO2/c1-3-15(17)16(18)19-11(2)13-9-8-12-6-4-5-7-14(12)10-13/h4-11,15H,3,17H2,1-2H3. The highest BCUT2D eigenvalue weighted by atomic mass is 16.5. The Bertz CT molecular complexity index is 580. The number of nitrogens with two attached hydrogens (primary N) is 1. The third-order valence-electron chi connectivity index (χ3n) is 3.28. The van der Waals surface area contributed by atoms with Gasteiger partial charge in [0, 0.05) is 0 Å². The van der Waals surface area contributed by atoms with Crippen LogP contribution in [0.2, 0.25) is 0 Å². The highest BCUT2D eigenvalue weighted by molar-refractivity contribution is 5.83. The number of rotatable bonds is 4. The first-order valence-corrected chi connectivity index (χ1v) is 6.56. The zero-order chi connectivity index (χ0) is 13.8. The molecular weight excluding hydrogens is 238 g/mol. The Morgan fingerprint density at radius 1 is 1.21 bits per heavy atom. The largest absolute Gasteiger partial charge is 0.457 e. The summed E-state index contributed by atoms with van der Waals surface area (Å²) in [6, 6.07) is 13.6. The fourth-order valence-electron chi connectivity index (χ4n) is 1.96. The van der Waals surface area contributed by atoms with E-state index in [2.05, 4.69) is 6.07 Å². The summed E-state index contributed by atoms with van der Waals surface area (Å²) in [6.07, 6.45) is 0.304. The van der Waals surface area contributed by atoms with Crippen molar-refractivity contribution in [2.45, 2.75) is 32.4 Å². The molecule has 0 aromatic heterocycles. The van der Waals surface area contributed by atoms with E-state index >= 15 is 0 Å². The van der Waals surface area contributed by atoms with Gasteiger partial charge in [0.15, 0.2) is 0 Å². The second kappa shape index (κ2) is 5.85. The molecule has 2 unspecified atom stereocenters. The lowest BCUT2D eigenvalue weighted by atomic mass is 10.0. The third kappa shape index (κ3) is 3.12. The molecule has 0 saturated carbocycles. The molecule has 0 aliphatic heterocycles. The van der Waals surface area contributed by atoms with Gasteiger partial charge in [-0.15, -0.1) is 0 Å². The number of carbonyl (C=O) groups is 1. The molecule has 0 heterocycles.